The van der Waals surface area contributed by atoms with Crippen LogP contribution in [0, 0.1) is 13.8 Å². The molecule has 0 radical (unpaired) electrons. The number of ether oxygens (including phenoxy) is 1. The summed E-state index contributed by atoms with van der Waals surface area (Å²) in [4.78, 5) is 18.5. The zero-order chi connectivity index (χ0) is 15.4. The van der Waals surface area contributed by atoms with Crippen molar-refractivity contribution in [2.45, 2.75) is 20.4 Å². The van der Waals surface area contributed by atoms with Crippen molar-refractivity contribution in [3.05, 3.63) is 49.7 Å². The Labute approximate surface area is 136 Å². The number of hydrogen-bond acceptors (Lipinski definition) is 3. The van der Waals surface area contributed by atoms with Crippen LogP contribution in [0.2, 0.25) is 0 Å². The number of carbonyl (C=O) groups is 1. The summed E-state index contributed by atoms with van der Waals surface area (Å²) in [5.74, 6) is -0.241. The molecule has 21 heavy (non-hydrogen) atoms. The fraction of sp³-hybridized carbons (Fsp3) is 0.333. The van der Waals surface area contributed by atoms with Crippen molar-refractivity contribution in [2.24, 2.45) is 4.99 Å². The van der Waals surface area contributed by atoms with Gasteiger partial charge in [0.05, 0.1) is 12.2 Å². The highest BCUT2D eigenvalue weighted by Crippen LogP contribution is 2.17. The minimum Gasteiger partial charge on any atom is -0.383 e. The molecule has 0 N–H and O–H groups in total. The lowest BCUT2D eigenvalue weighted by Gasteiger charge is -2.05. The number of methoxy groups -OCH3 is 1. The molecule has 0 bridgehead atoms. The molecule has 2 aromatic rings. The van der Waals surface area contributed by atoms with Crippen molar-refractivity contribution < 1.29 is 9.53 Å². The van der Waals surface area contributed by atoms with Gasteiger partial charge in [0.25, 0.3) is 5.91 Å². The molecule has 2 rings (SSSR count). The topological polar surface area (TPSA) is 43.6 Å². The van der Waals surface area contributed by atoms with Gasteiger partial charge in [-0.05, 0) is 41.9 Å². The SMILES string of the molecule is COCCn1c(C)c(C)s/c1=N\C(=O)c1ccccc1Br. The Morgan fingerprint density at radius 3 is 2.76 bits per heavy atom. The van der Waals surface area contributed by atoms with Gasteiger partial charge in [0, 0.05) is 28.7 Å². The Bertz CT molecular complexity index is 719. The summed E-state index contributed by atoms with van der Waals surface area (Å²) in [5, 5.41) is 0. The minimum atomic E-state index is -0.241. The fourth-order valence-corrected chi connectivity index (χ4v) is 3.36. The van der Waals surface area contributed by atoms with E-state index in [1.54, 1.807) is 13.2 Å². The Hall–Kier alpha value is -1.24. The zero-order valence-electron chi connectivity index (χ0n) is 12.2. The number of carbonyl (C=O) groups excluding carboxylic acids is 1. The van der Waals surface area contributed by atoms with Crippen LogP contribution in [0.5, 0.6) is 0 Å². The van der Waals surface area contributed by atoms with E-state index in [1.165, 1.54) is 11.3 Å². The molecule has 1 aromatic heterocycles. The van der Waals surface area contributed by atoms with Gasteiger partial charge in [-0.1, -0.05) is 12.1 Å². The van der Waals surface area contributed by atoms with Crippen LogP contribution in [0.4, 0.5) is 0 Å². The highest BCUT2D eigenvalue weighted by molar-refractivity contribution is 9.10. The van der Waals surface area contributed by atoms with E-state index in [1.807, 2.05) is 36.6 Å². The third-order valence-electron chi connectivity index (χ3n) is 3.21. The first-order chi connectivity index (χ1) is 10.0. The van der Waals surface area contributed by atoms with Crippen LogP contribution in [0.15, 0.2) is 33.7 Å². The van der Waals surface area contributed by atoms with Gasteiger partial charge in [0.1, 0.15) is 0 Å². The maximum atomic E-state index is 12.3. The number of rotatable bonds is 4. The molecule has 0 aliphatic heterocycles. The van der Waals surface area contributed by atoms with Crippen molar-refractivity contribution >= 4 is 33.2 Å². The first-order valence-electron chi connectivity index (χ1n) is 6.54. The molecular formula is C15H17BrN2O2S. The summed E-state index contributed by atoms with van der Waals surface area (Å²) in [6.45, 7) is 5.34. The molecule has 0 spiro atoms. The molecule has 1 heterocycles. The molecule has 0 saturated carbocycles. The molecule has 0 aliphatic carbocycles. The second-order valence-electron chi connectivity index (χ2n) is 4.57. The molecule has 1 aromatic carbocycles. The van der Waals surface area contributed by atoms with E-state index >= 15 is 0 Å². The van der Waals surface area contributed by atoms with E-state index in [2.05, 4.69) is 20.9 Å². The van der Waals surface area contributed by atoms with E-state index in [0.717, 1.165) is 15.0 Å². The average molecular weight is 369 g/mol. The van der Waals surface area contributed by atoms with Crippen LogP contribution in [-0.2, 0) is 11.3 Å². The molecule has 0 aliphatic rings. The number of aryl methyl sites for hydroxylation is 1. The van der Waals surface area contributed by atoms with Gasteiger partial charge in [-0.3, -0.25) is 4.79 Å². The number of amides is 1. The van der Waals surface area contributed by atoms with Crippen LogP contribution in [0.3, 0.4) is 0 Å². The van der Waals surface area contributed by atoms with Crippen LogP contribution < -0.4 is 4.80 Å². The average Bonchev–Trinajstić information content (AvgIpc) is 2.72. The lowest BCUT2D eigenvalue weighted by molar-refractivity contribution is 0.0996. The predicted octanol–water partition coefficient (Wildman–Crippen LogP) is 3.32. The van der Waals surface area contributed by atoms with Crippen molar-refractivity contribution in [1.82, 2.24) is 4.57 Å². The Balaban J connectivity index is 2.43. The minimum absolute atomic E-state index is 0.241. The number of thiazole rings is 1. The number of benzene rings is 1. The first kappa shape index (κ1) is 16.1. The quantitative estimate of drug-likeness (QED) is 0.830. The summed E-state index contributed by atoms with van der Waals surface area (Å²) in [6, 6.07) is 7.31. The predicted molar refractivity (Wildman–Crippen MR) is 87.7 cm³/mol. The standard InChI is InChI=1S/C15H17BrN2O2S/c1-10-11(2)21-15(18(10)8-9-20-3)17-14(19)12-6-4-5-7-13(12)16/h4-7H,8-9H2,1-3H3/b17-15-. The first-order valence-corrected chi connectivity index (χ1v) is 8.15. The summed E-state index contributed by atoms with van der Waals surface area (Å²) >= 11 is 4.91. The van der Waals surface area contributed by atoms with E-state index in [-0.39, 0.29) is 5.91 Å². The van der Waals surface area contributed by atoms with E-state index in [4.69, 9.17) is 4.74 Å². The zero-order valence-corrected chi connectivity index (χ0v) is 14.6. The molecule has 1 amide bonds. The summed E-state index contributed by atoms with van der Waals surface area (Å²) in [7, 11) is 1.66. The summed E-state index contributed by atoms with van der Waals surface area (Å²) < 4.78 is 7.91. The Morgan fingerprint density at radius 1 is 1.38 bits per heavy atom. The normalized spacial score (nSPS) is 11.9. The van der Waals surface area contributed by atoms with Gasteiger partial charge < -0.3 is 9.30 Å². The Kier molecular flexibility index (Phi) is 5.50. The number of nitrogens with zero attached hydrogens (tertiary/aromatic N) is 2. The maximum absolute atomic E-state index is 12.3. The molecule has 0 unspecified atom stereocenters. The Morgan fingerprint density at radius 2 is 2.10 bits per heavy atom. The second-order valence-corrected chi connectivity index (χ2v) is 6.60. The van der Waals surface area contributed by atoms with Crippen molar-refractivity contribution in [2.75, 3.05) is 13.7 Å². The lowest BCUT2D eigenvalue weighted by Crippen LogP contribution is -2.20. The molecule has 112 valence electrons. The van der Waals surface area contributed by atoms with Crippen molar-refractivity contribution in [1.29, 1.82) is 0 Å². The molecule has 6 heteroatoms. The van der Waals surface area contributed by atoms with Crippen LogP contribution in [0.1, 0.15) is 20.9 Å². The third-order valence-corrected chi connectivity index (χ3v) is 5.00. The van der Waals surface area contributed by atoms with Crippen molar-refractivity contribution in [3.63, 3.8) is 0 Å². The third kappa shape index (κ3) is 3.70. The maximum Gasteiger partial charge on any atom is 0.280 e. The smallest absolute Gasteiger partial charge is 0.280 e. The van der Waals surface area contributed by atoms with Gasteiger partial charge in [-0.2, -0.15) is 4.99 Å². The van der Waals surface area contributed by atoms with Crippen LogP contribution in [0.25, 0.3) is 0 Å². The number of aromatic nitrogens is 1. The number of hydrogen-bond donors (Lipinski definition) is 0. The van der Waals surface area contributed by atoms with E-state index < -0.39 is 0 Å². The van der Waals surface area contributed by atoms with Gasteiger partial charge in [-0.15, -0.1) is 11.3 Å². The van der Waals surface area contributed by atoms with E-state index in [9.17, 15) is 4.79 Å². The van der Waals surface area contributed by atoms with Gasteiger partial charge >= 0.3 is 0 Å². The highest BCUT2D eigenvalue weighted by atomic mass is 79.9. The number of halogens is 1. The van der Waals surface area contributed by atoms with E-state index in [0.29, 0.717) is 23.5 Å². The molecular weight excluding hydrogens is 352 g/mol. The largest absolute Gasteiger partial charge is 0.383 e. The molecule has 0 atom stereocenters. The monoisotopic (exact) mass is 368 g/mol. The van der Waals surface area contributed by atoms with Gasteiger partial charge in [0.2, 0.25) is 0 Å². The lowest BCUT2D eigenvalue weighted by atomic mass is 10.2. The van der Waals surface area contributed by atoms with Crippen molar-refractivity contribution in [3.8, 4) is 0 Å². The van der Waals surface area contributed by atoms with Crippen LogP contribution >= 0.6 is 27.3 Å². The molecule has 0 fully saturated rings. The molecule has 0 saturated heterocycles. The van der Waals surface area contributed by atoms with Gasteiger partial charge in [-0.25, -0.2) is 0 Å². The second kappa shape index (κ2) is 7.15. The summed E-state index contributed by atoms with van der Waals surface area (Å²) in [5.41, 5.74) is 1.69. The summed E-state index contributed by atoms with van der Waals surface area (Å²) in [6.07, 6.45) is 0. The molecule has 4 nitrogen and oxygen atoms in total. The fourth-order valence-electron chi connectivity index (χ4n) is 1.91. The van der Waals surface area contributed by atoms with Gasteiger partial charge in [0.15, 0.2) is 4.80 Å². The highest BCUT2D eigenvalue weighted by Gasteiger charge is 2.11. The van der Waals surface area contributed by atoms with Crippen LogP contribution in [-0.4, -0.2) is 24.2 Å².